The highest BCUT2D eigenvalue weighted by molar-refractivity contribution is 14.0. The molecule has 0 atom stereocenters. The smallest absolute Gasteiger partial charge is 0.191 e. The largest absolute Gasteiger partial charge is 0.380 e. The lowest BCUT2D eigenvalue weighted by Crippen LogP contribution is -2.39. The number of halogens is 1. The fourth-order valence-electron chi connectivity index (χ4n) is 1.94. The Kier molecular flexibility index (Phi) is 11.3. The van der Waals surface area contributed by atoms with Gasteiger partial charge in [-0.05, 0) is 33.3 Å². The third-order valence-electron chi connectivity index (χ3n) is 2.91. The summed E-state index contributed by atoms with van der Waals surface area (Å²) < 4.78 is 7.31. The highest BCUT2D eigenvalue weighted by Crippen LogP contribution is 2.02. The standard InChI is InChI=1S/C14H27N5O.HI/c1-5-20-10-8-17-14(15-4)16-7-6-9-19-13(3)11-12(2)18-19;/h11H,5-10H2,1-4H3,(H2,15,16,17);1H. The molecule has 6 nitrogen and oxygen atoms in total. The minimum Gasteiger partial charge on any atom is -0.380 e. The van der Waals surface area contributed by atoms with Gasteiger partial charge in [0.05, 0.1) is 12.3 Å². The van der Waals surface area contributed by atoms with E-state index in [0.717, 1.165) is 44.3 Å². The predicted octanol–water partition coefficient (Wildman–Crippen LogP) is 1.71. The van der Waals surface area contributed by atoms with E-state index < -0.39 is 0 Å². The topological polar surface area (TPSA) is 63.5 Å². The van der Waals surface area contributed by atoms with Crippen LogP contribution in [0.5, 0.6) is 0 Å². The SMILES string of the molecule is CCOCCNC(=NC)NCCCn1nc(C)cc1C.I. The third kappa shape index (κ3) is 8.25. The molecule has 0 saturated heterocycles. The second-order valence-electron chi connectivity index (χ2n) is 4.63. The van der Waals surface area contributed by atoms with Crippen LogP contribution in [0.3, 0.4) is 0 Å². The third-order valence-corrected chi connectivity index (χ3v) is 2.91. The van der Waals surface area contributed by atoms with Gasteiger partial charge in [-0.25, -0.2) is 0 Å². The Morgan fingerprint density at radius 2 is 2.05 bits per heavy atom. The minimum atomic E-state index is 0. The van der Waals surface area contributed by atoms with Crippen LogP contribution in [0.4, 0.5) is 0 Å². The summed E-state index contributed by atoms with van der Waals surface area (Å²) in [5, 5.41) is 10.9. The van der Waals surface area contributed by atoms with Crippen LogP contribution >= 0.6 is 24.0 Å². The van der Waals surface area contributed by atoms with Crippen molar-refractivity contribution in [2.24, 2.45) is 4.99 Å². The molecule has 0 spiro atoms. The molecule has 1 rings (SSSR count). The van der Waals surface area contributed by atoms with E-state index in [4.69, 9.17) is 4.74 Å². The van der Waals surface area contributed by atoms with Gasteiger partial charge in [-0.1, -0.05) is 0 Å². The lowest BCUT2D eigenvalue weighted by atomic mass is 10.4. The number of nitrogens with one attached hydrogen (secondary N) is 2. The summed E-state index contributed by atoms with van der Waals surface area (Å²) in [4.78, 5) is 4.17. The Morgan fingerprint density at radius 3 is 2.62 bits per heavy atom. The summed E-state index contributed by atoms with van der Waals surface area (Å²) in [7, 11) is 1.77. The van der Waals surface area contributed by atoms with Gasteiger partial charge in [0, 0.05) is 39.0 Å². The van der Waals surface area contributed by atoms with Gasteiger partial charge in [-0.3, -0.25) is 9.67 Å². The lowest BCUT2D eigenvalue weighted by Gasteiger charge is -2.12. The molecule has 7 heteroatoms. The second kappa shape index (κ2) is 11.8. The zero-order chi connectivity index (χ0) is 14.8. The van der Waals surface area contributed by atoms with Crippen LogP contribution < -0.4 is 10.6 Å². The molecule has 1 aromatic heterocycles. The minimum absolute atomic E-state index is 0. The number of guanidine groups is 1. The Hall–Kier alpha value is -0.830. The summed E-state index contributed by atoms with van der Waals surface area (Å²) >= 11 is 0. The van der Waals surface area contributed by atoms with E-state index in [1.165, 1.54) is 5.69 Å². The average molecular weight is 409 g/mol. The van der Waals surface area contributed by atoms with E-state index in [1.807, 2.05) is 18.5 Å². The molecule has 0 bridgehead atoms. The first-order valence-corrected chi connectivity index (χ1v) is 7.20. The summed E-state index contributed by atoms with van der Waals surface area (Å²) in [5.74, 6) is 0.818. The zero-order valence-corrected chi connectivity index (χ0v) is 15.8. The molecule has 0 aliphatic rings. The first kappa shape index (κ1) is 20.2. The quantitative estimate of drug-likeness (QED) is 0.297. The molecule has 0 aliphatic heterocycles. The maximum absolute atomic E-state index is 5.27. The Bertz CT molecular complexity index is 419. The molecule has 0 unspecified atom stereocenters. The van der Waals surface area contributed by atoms with Crippen LogP contribution in [0.2, 0.25) is 0 Å². The van der Waals surface area contributed by atoms with E-state index in [0.29, 0.717) is 6.61 Å². The van der Waals surface area contributed by atoms with E-state index in [-0.39, 0.29) is 24.0 Å². The van der Waals surface area contributed by atoms with Crippen molar-refractivity contribution in [2.45, 2.75) is 33.7 Å². The molecule has 0 saturated carbocycles. The van der Waals surface area contributed by atoms with Gasteiger partial charge in [-0.2, -0.15) is 5.10 Å². The molecule has 122 valence electrons. The maximum atomic E-state index is 5.27. The normalized spacial score (nSPS) is 11.1. The van der Waals surface area contributed by atoms with Crippen molar-refractivity contribution < 1.29 is 4.74 Å². The average Bonchev–Trinajstić information content (AvgIpc) is 2.75. The van der Waals surface area contributed by atoms with Crippen molar-refractivity contribution in [3.05, 3.63) is 17.5 Å². The molecule has 2 N–H and O–H groups in total. The summed E-state index contributed by atoms with van der Waals surface area (Å²) in [6.07, 6.45) is 1.01. The van der Waals surface area contributed by atoms with Gasteiger partial charge < -0.3 is 15.4 Å². The van der Waals surface area contributed by atoms with Crippen LogP contribution in [0.25, 0.3) is 0 Å². The number of aromatic nitrogens is 2. The van der Waals surface area contributed by atoms with Gasteiger partial charge in [0.15, 0.2) is 5.96 Å². The van der Waals surface area contributed by atoms with Crippen molar-refractivity contribution in [1.82, 2.24) is 20.4 Å². The molecule has 0 aliphatic carbocycles. The summed E-state index contributed by atoms with van der Waals surface area (Å²) in [5.41, 5.74) is 2.28. The number of aliphatic imine (C=N–C) groups is 1. The van der Waals surface area contributed by atoms with Crippen molar-refractivity contribution in [1.29, 1.82) is 0 Å². The van der Waals surface area contributed by atoms with Crippen LogP contribution in [-0.4, -0.2) is 49.1 Å². The van der Waals surface area contributed by atoms with Crippen molar-refractivity contribution in [3.63, 3.8) is 0 Å². The zero-order valence-electron chi connectivity index (χ0n) is 13.5. The Labute approximate surface area is 144 Å². The Balaban J connectivity index is 0.00000400. The van der Waals surface area contributed by atoms with Crippen LogP contribution in [0.1, 0.15) is 24.7 Å². The van der Waals surface area contributed by atoms with E-state index in [1.54, 1.807) is 7.05 Å². The highest BCUT2D eigenvalue weighted by atomic mass is 127. The van der Waals surface area contributed by atoms with E-state index in [9.17, 15) is 0 Å². The molecule has 0 amide bonds. The molecular formula is C14H28IN5O. The first-order valence-electron chi connectivity index (χ1n) is 7.20. The fourth-order valence-corrected chi connectivity index (χ4v) is 1.94. The maximum Gasteiger partial charge on any atom is 0.191 e. The van der Waals surface area contributed by atoms with Gasteiger partial charge in [-0.15, -0.1) is 24.0 Å². The summed E-state index contributed by atoms with van der Waals surface area (Å²) in [6, 6.07) is 2.10. The van der Waals surface area contributed by atoms with Crippen molar-refractivity contribution >= 4 is 29.9 Å². The van der Waals surface area contributed by atoms with Crippen LogP contribution in [0, 0.1) is 13.8 Å². The van der Waals surface area contributed by atoms with Gasteiger partial charge >= 0.3 is 0 Å². The molecule has 1 aromatic rings. The van der Waals surface area contributed by atoms with Gasteiger partial charge in [0.1, 0.15) is 0 Å². The van der Waals surface area contributed by atoms with Gasteiger partial charge in [0.25, 0.3) is 0 Å². The number of ether oxygens (including phenoxy) is 1. The number of hydrogen-bond acceptors (Lipinski definition) is 3. The second-order valence-corrected chi connectivity index (χ2v) is 4.63. The number of nitrogens with zero attached hydrogens (tertiary/aromatic N) is 3. The number of rotatable bonds is 8. The number of hydrogen-bond donors (Lipinski definition) is 2. The molecular weight excluding hydrogens is 381 g/mol. The molecule has 21 heavy (non-hydrogen) atoms. The molecule has 0 fully saturated rings. The Morgan fingerprint density at radius 1 is 1.33 bits per heavy atom. The predicted molar refractivity (Wildman–Crippen MR) is 97.6 cm³/mol. The molecule has 0 aromatic carbocycles. The van der Waals surface area contributed by atoms with Crippen LogP contribution in [0.15, 0.2) is 11.1 Å². The van der Waals surface area contributed by atoms with Gasteiger partial charge in [0.2, 0.25) is 0 Å². The number of aryl methyl sites for hydroxylation is 3. The molecule has 1 heterocycles. The van der Waals surface area contributed by atoms with Crippen LogP contribution in [-0.2, 0) is 11.3 Å². The lowest BCUT2D eigenvalue weighted by molar-refractivity contribution is 0.152. The highest BCUT2D eigenvalue weighted by Gasteiger charge is 2.01. The monoisotopic (exact) mass is 409 g/mol. The summed E-state index contributed by atoms with van der Waals surface area (Å²) in [6.45, 7) is 10.1. The molecule has 0 radical (unpaired) electrons. The first-order chi connectivity index (χ1) is 9.67. The van der Waals surface area contributed by atoms with Crippen molar-refractivity contribution in [3.8, 4) is 0 Å². The van der Waals surface area contributed by atoms with E-state index in [2.05, 4.69) is 33.7 Å². The fraction of sp³-hybridized carbons (Fsp3) is 0.714. The van der Waals surface area contributed by atoms with Crippen molar-refractivity contribution in [2.75, 3.05) is 33.4 Å². The van der Waals surface area contributed by atoms with E-state index >= 15 is 0 Å².